The van der Waals surface area contributed by atoms with Gasteiger partial charge in [0.05, 0.1) is 22.0 Å². The number of phenols is 1. The summed E-state index contributed by atoms with van der Waals surface area (Å²) in [7, 11) is -15.0. The van der Waals surface area contributed by atoms with Crippen molar-refractivity contribution in [1.82, 2.24) is 15.0 Å². The third kappa shape index (κ3) is 7.72. The Morgan fingerprint density at radius 2 is 1.30 bits per heavy atom. The van der Waals surface area contributed by atoms with E-state index in [0.29, 0.717) is 5.69 Å². The number of nitrogens with one attached hydrogen (secondary N) is 2. The summed E-state index contributed by atoms with van der Waals surface area (Å²) >= 11 is 11.6. The molecule has 17 nitrogen and oxygen atoms in total. The van der Waals surface area contributed by atoms with Crippen molar-refractivity contribution < 1.29 is 44.0 Å². The van der Waals surface area contributed by atoms with Gasteiger partial charge in [0.15, 0.2) is 5.75 Å². The molecule has 5 rings (SSSR count). The first-order valence-electron chi connectivity index (χ1n) is 12.4. The van der Waals surface area contributed by atoms with Crippen LogP contribution >= 0.6 is 23.2 Å². The molecule has 1 aromatic heterocycles. The topological polar surface area (TPSA) is 271 Å². The van der Waals surface area contributed by atoms with E-state index >= 15 is 0 Å². The third-order valence-corrected chi connectivity index (χ3v) is 9.02. The molecule has 47 heavy (non-hydrogen) atoms. The van der Waals surface area contributed by atoms with Crippen molar-refractivity contribution in [3.8, 4) is 5.75 Å². The maximum Gasteiger partial charge on any atom is 0.296 e. The molecule has 0 bridgehead atoms. The van der Waals surface area contributed by atoms with Gasteiger partial charge in [0.25, 0.3) is 30.4 Å². The number of hydrogen-bond acceptors (Lipinski definition) is 14. The number of phenolic OH excluding ortho intramolecular Hbond substituents is 1. The maximum absolute atomic E-state index is 12.4. The van der Waals surface area contributed by atoms with Crippen molar-refractivity contribution in [2.45, 2.75) is 14.7 Å². The predicted octanol–water partition coefficient (Wildman–Crippen LogP) is 5.68. The lowest BCUT2D eigenvalue weighted by Gasteiger charge is -2.15. The monoisotopic (exact) mass is 741 g/mol. The molecule has 0 atom stereocenters. The number of halogens is 2. The number of aromatic hydroxyl groups is 1. The molecule has 6 N–H and O–H groups in total. The van der Waals surface area contributed by atoms with Gasteiger partial charge in [-0.15, -0.1) is 5.11 Å². The van der Waals surface area contributed by atoms with Crippen LogP contribution in [0.25, 0.3) is 10.8 Å². The molecular formula is C25H17Cl2N7O10S3. The van der Waals surface area contributed by atoms with Crippen LogP contribution in [0.2, 0.25) is 10.6 Å². The highest BCUT2D eigenvalue weighted by Crippen LogP contribution is 2.46. The summed E-state index contributed by atoms with van der Waals surface area (Å²) in [6, 6.07) is 14.1. The normalized spacial score (nSPS) is 12.4. The average molecular weight is 743 g/mol. The Labute approximate surface area is 275 Å². The summed E-state index contributed by atoms with van der Waals surface area (Å²) < 4.78 is 103. The van der Waals surface area contributed by atoms with Crippen LogP contribution in [0.15, 0.2) is 91.6 Å². The number of anilines is 4. The van der Waals surface area contributed by atoms with Gasteiger partial charge >= 0.3 is 0 Å². The van der Waals surface area contributed by atoms with E-state index < -0.39 is 56.5 Å². The molecule has 0 aliphatic carbocycles. The molecule has 0 saturated carbocycles. The van der Waals surface area contributed by atoms with Crippen LogP contribution in [0.1, 0.15) is 0 Å². The Morgan fingerprint density at radius 3 is 1.89 bits per heavy atom. The molecule has 0 aliphatic rings. The van der Waals surface area contributed by atoms with Gasteiger partial charge in [0.1, 0.15) is 15.5 Å². The van der Waals surface area contributed by atoms with E-state index in [0.717, 1.165) is 24.3 Å². The number of nitrogens with zero attached hydrogens (tertiary/aromatic N) is 5. The second kappa shape index (κ2) is 12.6. The molecule has 0 fully saturated rings. The molecule has 22 heteroatoms. The van der Waals surface area contributed by atoms with Crippen LogP contribution in [0.3, 0.4) is 0 Å². The number of rotatable bonds is 9. The standard InChI is InChI=1S/C25H17Cl2N7O10S3/c26-23-30-24(27)32-25(31-23)29-17-11-15(45(36,37)38)8-12-9-19(47(42,43)44)21(22(35)20(12)17)34-33-14-6-7-16(18(10-14)46(39,40)41)28-13-4-2-1-3-5-13/h1-11,28,35H,(H,36,37,38)(H,39,40,41)(H,42,43,44)(H,29,30,31,32)/b34-33+. The van der Waals surface area contributed by atoms with E-state index in [-0.39, 0.29) is 44.4 Å². The zero-order valence-electron chi connectivity index (χ0n) is 22.8. The van der Waals surface area contributed by atoms with Crippen LogP contribution in [-0.2, 0) is 30.4 Å². The van der Waals surface area contributed by atoms with E-state index in [1.165, 1.54) is 12.1 Å². The van der Waals surface area contributed by atoms with Crippen molar-refractivity contribution >= 4 is 98.7 Å². The third-order valence-electron chi connectivity index (χ3n) is 6.09. The van der Waals surface area contributed by atoms with Gasteiger partial charge in [-0.1, -0.05) is 18.2 Å². The minimum Gasteiger partial charge on any atom is -0.505 e. The van der Waals surface area contributed by atoms with Crippen LogP contribution in [0.5, 0.6) is 5.75 Å². The Hall–Kier alpha value is -4.54. The molecule has 0 amide bonds. The van der Waals surface area contributed by atoms with Crippen molar-refractivity contribution in [2.75, 3.05) is 10.6 Å². The number of fused-ring (bicyclic) bond motifs is 1. The largest absolute Gasteiger partial charge is 0.505 e. The second-order valence-corrected chi connectivity index (χ2v) is 14.1. The minimum atomic E-state index is -5.22. The smallest absolute Gasteiger partial charge is 0.296 e. The maximum atomic E-state index is 12.4. The van der Waals surface area contributed by atoms with E-state index in [1.54, 1.807) is 30.3 Å². The number of hydrogen-bond donors (Lipinski definition) is 6. The highest BCUT2D eigenvalue weighted by atomic mass is 35.5. The molecule has 0 unspecified atom stereocenters. The second-order valence-electron chi connectivity index (χ2n) is 9.26. The highest BCUT2D eigenvalue weighted by Gasteiger charge is 2.26. The van der Waals surface area contributed by atoms with Gasteiger partial charge in [0, 0.05) is 11.1 Å². The minimum absolute atomic E-state index is 0.0475. The first-order chi connectivity index (χ1) is 21.9. The van der Waals surface area contributed by atoms with Crippen molar-refractivity contribution in [2.24, 2.45) is 10.2 Å². The first-order valence-corrected chi connectivity index (χ1v) is 17.5. The van der Waals surface area contributed by atoms with Crippen molar-refractivity contribution in [3.05, 3.63) is 77.3 Å². The summed E-state index contributed by atoms with van der Waals surface area (Å²) in [5, 5.41) is 22.7. The predicted molar refractivity (Wildman–Crippen MR) is 169 cm³/mol. The van der Waals surface area contributed by atoms with Crippen molar-refractivity contribution in [3.63, 3.8) is 0 Å². The number of aromatic nitrogens is 3. The lowest BCUT2D eigenvalue weighted by Crippen LogP contribution is -2.05. The quantitative estimate of drug-likeness (QED) is 0.0783. The van der Waals surface area contributed by atoms with Gasteiger partial charge in [0.2, 0.25) is 16.5 Å². The van der Waals surface area contributed by atoms with Crippen molar-refractivity contribution in [1.29, 1.82) is 0 Å². The van der Waals surface area contributed by atoms with E-state index in [4.69, 9.17) is 23.2 Å². The van der Waals surface area contributed by atoms with E-state index in [1.807, 2.05) is 0 Å². The Balaban J connectivity index is 1.70. The summed E-state index contributed by atoms with van der Waals surface area (Å²) in [5.41, 5.74) is -1.06. The van der Waals surface area contributed by atoms with E-state index in [2.05, 4.69) is 35.8 Å². The Morgan fingerprint density at radius 1 is 0.660 bits per heavy atom. The molecule has 0 aliphatic heterocycles. The summed E-state index contributed by atoms with van der Waals surface area (Å²) in [5.74, 6) is -1.36. The molecule has 4 aromatic carbocycles. The van der Waals surface area contributed by atoms with Gasteiger partial charge in [-0.05, 0) is 77.1 Å². The van der Waals surface area contributed by atoms with Gasteiger partial charge < -0.3 is 15.7 Å². The number of benzene rings is 4. The highest BCUT2D eigenvalue weighted by molar-refractivity contribution is 7.86. The molecule has 0 saturated heterocycles. The summed E-state index contributed by atoms with van der Waals surface area (Å²) in [6.07, 6.45) is 0. The molecule has 5 aromatic rings. The fourth-order valence-corrected chi connectivity index (χ4v) is 6.41. The van der Waals surface area contributed by atoms with Crippen LogP contribution in [-0.4, -0.2) is 59.0 Å². The van der Waals surface area contributed by atoms with E-state index in [9.17, 15) is 44.0 Å². The van der Waals surface area contributed by atoms with Gasteiger partial charge in [-0.25, -0.2) is 0 Å². The fourth-order valence-electron chi connectivity index (χ4n) is 4.18. The zero-order valence-corrected chi connectivity index (χ0v) is 26.8. The molecule has 244 valence electrons. The fraction of sp³-hybridized carbons (Fsp3) is 0. The van der Waals surface area contributed by atoms with Crippen LogP contribution in [0.4, 0.5) is 34.4 Å². The number of para-hydroxylation sites is 1. The van der Waals surface area contributed by atoms with Crippen LogP contribution < -0.4 is 10.6 Å². The Bertz CT molecular complexity index is 2410. The summed E-state index contributed by atoms with van der Waals surface area (Å²) in [6.45, 7) is 0. The lowest BCUT2D eigenvalue weighted by molar-refractivity contribution is 0.472. The molecular weight excluding hydrogens is 725 g/mol. The van der Waals surface area contributed by atoms with Gasteiger partial charge in [-0.2, -0.15) is 45.3 Å². The SMILES string of the molecule is O=S(=O)(O)c1cc(Nc2nc(Cl)nc(Cl)n2)c2c(O)c(/N=N/c3ccc(Nc4ccccc4)c(S(=O)(=O)O)c3)c(S(=O)(=O)O)cc2c1. The molecule has 0 spiro atoms. The number of azo groups is 1. The summed E-state index contributed by atoms with van der Waals surface area (Å²) in [4.78, 5) is 8.65. The molecule has 1 heterocycles. The Kier molecular flexibility index (Phi) is 9.05. The zero-order chi connectivity index (χ0) is 34.3. The lowest BCUT2D eigenvalue weighted by atomic mass is 10.1. The first kappa shape index (κ1) is 33.8. The molecule has 0 radical (unpaired) electrons. The van der Waals surface area contributed by atoms with Gasteiger partial charge in [-0.3, -0.25) is 13.7 Å². The average Bonchev–Trinajstić information content (AvgIpc) is 2.95. The van der Waals surface area contributed by atoms with Crippen LogP contribution in [0, 0.1) is 0 Å².